The summed E-state index contributed by atoms with van der Waals surface area (Å²) in [6.45, 7) is 0. The Labute approximate surface area is 154 Å². The van der Waals surface area contributed by atoms with Crippen molar-refractivity contribution in [3.05, 3.63) is 106 Å². The molecule has 0 heterocycles. The number of non-ortho nitro benzene ring substituents is 1. The zero-order valence-electron chi connectivity index (χ0n) is 14.1. The van der Waals surface area contributed by atoms with E-state index in [1.165, 1.54) is 24.3 Å². The van der Waals surface area contributed by atoms with Crippen LogP contribution in [0, 0.1) is 10.1 Å². The average molecular weight is 364 g/mol. The predicted octanol–water partition coefficient (Wildman–Crippen LogP) is 3.97. The second-order valence-electron chi connectivity index (χ2n) is 5.76. The van der Waals surface area contributed by atoms with Gasteiger partial charge in [0, 0.05) is 28.9 Å². The van der Waals surface area contributed by atoms with Crippen molar-refractivity contribution in [3.63, 3.8) is 0 Å². The van der Waals surface area contributed by atoms with Crippen LogP contribution in [0.15, 0.2) is 84.9 Å². The van der Waals surface area contributed by atoms with Gasteiger partial charge in [0.2, 0.25) is 5.60 Å². The summed E-state index contributed by atoms with van der Waals surface area (Å²) in [5.74, 6) is -0.642. The fraction of sp³-hybridized carbons (Fsp3) is 0.0500. The first-order valence-electron chi connectivity index (χ1n) is 8.07. The quantitative estimate of drug-likeness (QED) is 0.391. The first kappa shape index (κ1) is 18.2. The molecular weight excluding hydrogens is 348 g/mol. The molecule has 136 valence electrons. The van der Waals surface area contributed by atoms with Crippen LogP contribution in [0.3, 0.4) is 0 Å². The van der Waals surface area contributed by atoms with Crippen molar-refractivity contribution in [3.8, 4) is 0 Å². The Bertz CT molecular complexity index is 888. The van der Waals surface area contributed by atoms with Crippen LogP contribution in [0.4, 0.5) is 11.4 Å². The minimum Gasteiger partial charge on any atom is -0.323 e. The largest absolute Gasteiger partial charge is 0.323 e. The number of anilines is 1. The second kappa shape index (κ2) is 7.77. The maximum atomic E-state index is 13.2. The van der Waals surface area contributed by atoms with Gasteiger partial charge in [0.25, 0.3) is 11.6 Å². The highest BCUT2D eigenvalue weighted by Gasteiger charge is 2.44. The van der Waals surface area contributed by atoms with E-state index in [4.69, 9.17) is 4.89 Å². The molecule has 27 heavy (non-hydrogen) atoms. The Morgan fingerprint density at radius 2 is 1.37 bits per heavy atom. The first-order valence-corrected chi connectivity index (χ1v) is 8.07. The Balaban J connectivity index is 2.02. The highest BCUT2D eigenvalue weighted by molar-refractivity contribution is 6.00. The molecule has 1 amide bonds. The standard InChI is InChI=1S/C20H16N2O5/c23-19(21-17-11-13-18(14-12-17)22(24)25)20(27-26,15-7-3-1-4-8-15)16-9-5-2-6-10-16/h1-14,26H,(H,21,23). The molecule has 0 saturated heterocycles. The molecule has 0 unspecified atom stereocenters. The van der Waals surface area contributed by atoms with Gasteiger partial charge in [-0.1, -0.05) is 60.7 Å². The number of amides is 1. The molecule has 3 aromatic carbocycles. The molecule has 0 aliphatic carbocycles. The summed E-state index contributed by atoms with van der Waals surface area (Å²) in [6.07, 6.45) is 0. The van der Waals surface area contributed by atoms with Crippen LogP contribution in [0.2, 0.25) is 0 Å². The number of rotatable bonds is 6. The van der Waals surface area contributed by atoms with E-state index in [-0.39, 0.29) is 5.69 Å². The van der Waals surface area contributed by atoms with Gasteiger partial charge in [0.15, 0.2) is 0 Å². The van der Waals surface area contributed by atoms with E-state index in [1.807, 2.05) is 0 Å². The monoisotopic (exact) mass is 364 g/mol. The fourth-order valence-corrected chi connectivity index (χ4v) is 2.81. The number of hydrogen-bond acceptors (Lipinski definition) is 5. The number of hydrogen-bond donors (Lipinski definition) is 2. The molecule has 0 radical (unpaired) electrons. The molecule has 0 bridgehead atoms. The van der Waals surface area contributed by atoms with Gasteiger partial charge >= 0.3 is 0 Å². The van der Waals surface area contributed by atoms with E-state index in [9.17, 15) is 20.2 Å². The fourth-order valence-electron chi connectivity index (χ4n) is 2.81. The molecule has 0 aliphatic heterocycles. The van der Waals surface area contributed by atoms with Crippen molar-refractivity contribution < 1.29 is 19.9 Å². The summed E-state index contributed by atoms with van der Waals surface area (Å²) < 4.78 is 0. The van der Waals surface area contributed by atoms with Crippen LogP contribution in [0.1, 0.15) is 11.1 Å². The Hall–Kier alpha value is -3.55. The van der Waals surface area contributed by atoms with E-state index >= 15 is 0 Å². The van der Waals surface area contributed by atoms with Gasteiger partial charge in [-0.3, -0.25) is 20.2 Å². The molecule has 3 aromatic rings. The Morgan fingerprint density at radius 1 is 0.889 bits per heavy atom. The van der Waals surface area contributed by atoms with Crippen molar-refractivity contribution in [2.24, 2.45) is 0 Å². The third kappa shape index (κ3) is 3.55. The summed E-state index contributed by atoms with van der Waals surface area (Å²) in [7, 11) is 0. The van der Waals surface area contributed by atoms with Crippen LogP contribution in [-0.2, 0) is 15.3 Å². The van der Waals surface area contributed by atoms with Crippen LogP contribution >= 0.6 is 0 Å². The van der Waals surface area contributed by atoms with Crippen LogP contribution in [-0.4, -0.2) is 16.1 Å². The van der Waals surface area contributed by atoms with Gasteiger partial charge in [0.05, 0.1) is 4.92 Å². The van der Waals surface area contributed by atoms with Crippen molar-refractivity contribution in [1.29, 1.82) is 0 Å². The number of nitrogens with zero attached hydrogens (tertiary/aromatic N) is 1. The second-order valence-corrected chi connectivity index (χ2v) is 5.76. The third-order valence-corrected chi connectivity index (χ3v) is 4.15. The minimum atomic E-state index is -1.80. The molecule has 0 saturated carbocycles. The molecule has 0 spiro atoms. The Morgan fingerprint density at radius 3 is 1.78 bits per heavy atom. The summed E-state index contributed by atoms with van der Waals surface area (Å²) in [5, 5.41) is 23.2. The van der Waals surface area contributed by atoms with Crippen molar-refractivity contribution >= 4 is 17.3 Å². The minimum absolute atomic E-state index is 0.0937. The highest BCUT2D eigenvalue weighted by Crippen LogP contribution is 2.34. The van der Waals surface area contributed by atoms with Crippen molar-refractivity contribution in [2.45, 2.75) is 5.60 Å². The summed E-state index contributed by atoms with van der Waals surface area (Å²) in [6, 6.07) is 22.5. The number of carbonyl (C=O) groups is 1. The normalized spacial score (nSPS) is 11.0. The molecule has 2 N–H and O–H groups in total. The average Bonchev–Trinajstić information content (AvgIpc) is 2.71. The predicted molar refractivity (Wildman–Crippen MR) is 99.1 cm³/mol. The number of nitrogens with one attached hydrogen (secondary N) is 1. The van der Waals surface area contributed by atoms with Crippen LogP contribution < -0.4 is 5.32 Å². The molecule has 0 aliphatic rings. The summed E-state index contributed by atoms with van der Waals surface area (Å²) in [5.41, 5.74) is -0.705. The van der Waals surface area contributed by atoms with Crippen molar-refractivity contribution in [2.75, 3.05) is 5.32 Å². The van der Waals surface area contributed by atoms with E-state index in [0.717, 1.165) is 0 Å². The van der Waals surface area contributed by atoms with Crippen LogP contribution in [0.25, 0.3) is 0 Å². The summed E-state index contributed by atoms with van der Waals surface area (Å²) >= 11 is 0. The smallest absolute Gasteiger partial charge is 0.269 e. The maximum absolute atomic E-state index is 13.2. The molecular formula is C20H16N2O5. The topological polar surface area (TPSA) is 102 Å². The van der Waals surface area contributed by atoms with Gasteiger partial charge in [-0.25, -0.2) is 4.89 Å². The van der Waals surface area contributed by atoms with E-state index in [1.54, 1.807) is 60.7 Å². The highest BCUT2D eigenvalue weighted by atomic mass is 17.1. The lowest BCUT2D eigenvalue weighted by molar-refractivity contribution is -0.384. The molecule has 0 atom stereocenters. The van der Waals surface area contributed by atoms with E-state index in [0.29, 0.717) is 16.8 Å². The van der Waals surface area contributed by atoms with Gasteiger partial charge < -0.3 is 5.32 Å². The molecule has 0 fully saturated rings. The number of benzene rings is 3. The lowest BCUT2D eigenvalue weighted by Gasteiger charge is -2.30. The first-order chi connectivity index (χ1) is 13.1. The third-order valence-electron chi connectivity index (χ3n) is 4.15. The molecule has 3 rings (SSSR count). The van der Waals surface area contributed by atoms with E-state index in [2.05, 4.69) is 5.32 Å². The SMILES string of the molecule is O=C(Nc1ccc([N+](=O)[O-])cc1)C(OO)(c1ccccc1)c1ccccc1. The van der Waals surface area contributed by atoms with Gasteiger partial charge in [-0.2, -0.15) is 0 Å². The van der Waals surface area contributed by atoms with Gasteiger partial charge in [-0.15, -0.1) is 0 Å². The Kier molecular flexibility index (Phi) is 5.25. The van der Waals surface area contributed by atoms with Crippen molar-refractivity contribution in [1.82, 2.24) is 0 Å². The lowest BCUT2D eigenvalue weighted by atomic mass is 9.85. The molecule has 7 heteroatoms. The zero-order valence-corrected chi connectivity index (χ0v) is 14.1. The number of nitro groups is 1. The lowest BCUT2D eigenvalue weighted by Crippen LogP contribution is -2.43. The zero-order chi connectivity index (χ0) is 19.3. The summed E-state index contributed by atoms with van der Waals surface area (Å²) in [4.78, 5) is 28.2. The van der Waals surface area contributed by atoms with Gasteiger partial charge in [0.1, 0.15) is 0 Å². The molecule has 7 nitrogen and oxygen atoms in total. The van der Waals surface area contributed by atoms with Crippen LogP contribution in [0.5, 0.6) is 0 Å². The number of nitro benzene ring substituents is 1. The number of carbonyl (C=O) groups excluding carboxylic acids is 1. The van der Waals surface area contributed by atoms with Gasteiger partial charge in [-0.05, 0) is 12.1 Å². The molecule has 0 aromatic heterocycles. The van der Waals surface area contributed by atoms with E-state index < -0.39 is 16.4 Å². The maximum Gasteiger partial charge on any atom is 0.269 e.